The molecule has 8 nitrogen and oxygen atoms in total. The quantitative estimate of drug-likeness (QED) is 0.802. The van der Waals surface area contributed by atoms with Gasteiger partial charge in [-0.05, 0) is 43.5 Å². The van der Waals surface area contributed by atoms with Gasteiger partial charge in [-0.2, -0.15) is 0 Å². The molecule has 2 aliphatic heterocycles. The van der Waals surface area contributed by atoms with Crippen LogP contribution in [0.5, 0.6) is 5.75 Å². The summed E-state index contributed by atoms with van der Waals surface area (Å²) >= 11 is 0. The van der Waals surface area contributed by atoms with Crippen molar-refractivity contribution in [2.24, 2.45) is 4.99 Å². The van der Waals surface area contributed by atoms with Gasteiger partial charge in [-0.1, -0.05) is 25.0 Å². The first-order valence-electron chi connectivity index (χ1n) is 11.1. The Balaban J connectivity index is 1.52. The molecule has 3 fully saturated rings. The molecule has 8 heteroatoms. The summed E-state index contributed by atoms with van der Waals surface area (Å²) in [5, 5.41) is 3.03. The van der Waals surface area contributed by atoms with Crippen LogP contribution in [0.4, 0.5) is 10.5 Å². The average Bonchev–Trinajstić information content (AvgIpc) is 3.55. The SMILES string of the molecule is COc1ccccc1C(=O)N1CCC2(C1)C(=NC1CCCC1)NC(=O)N2c1cccnc1. The van der Waals surface area contributed by atoms with Crippen molar-refractivity contribution in [1.82, 2.24) is 15.2 Å². The molecule has 1 atom stereocenters. The van der Waals surface area contributed by atoms with Gasteiger partial charge in [-0.25, -0.2) is 4.79 Å². The third-order valence-electron chi connectivity index (χ3n) is 6.71. The number of carbonyl (C=O) groups is 2. The van der Waals surface area contributed by atoms with Crippen LogP contribution in [0, 0.1) is 0 Å². The van der Waals surface area contributed by atoms with Crippen molar-refractivity contribution in [2.75, 3.05) is 25.1 Å². The van der Waals surface area contributed by atoms with Crippen LogP contribution in [-0.4, -0.2) is 59.4 Å². The van der Waals surface area contributed by atoms with Gasteiger partial charge in [0.05, 0.1) is 37.1 Å². The molecule has 1 unspecified atom stereocenters. The minimum Gasteiger partial charge on any atom is -0.496 e. The Kier molecular flexibility index (Phi) is 5.28. The van der Waals surface area contributed by atoms with Crippen LogP contribution in [0.2, 0.25) is 0 Å². The lowest BCUT2D eigenvalue weighted by Crippen LogP contribution is -2.53. The summed E-state index contributed by atoms with van der Waals surface area (Å²) in [5.41, 5.74) is 0.500. The van der Waals surface area contributed by atoms with E-state index in [1.807, 2.05) is 24.3 Å². The van der Waals surface area contributed by atoms with Crippen LogP contribution >= 0.6 is 0 Å². The van der Waals surface area contributed by atoms with E-state index in [4.69, 9.17) is 9.73 Å². The third kappa shape index (κ3) is 3.39. The minimum atomic E-state index is -0.722. The molecule has 1 aromatic carbocycles. The molecule has 1 N–H and O–H groups in total. The Bertz CT molecular complexity index is 1050. The number of benzene rings is 1. The molecule has 0 bridgehead atoms. The van der Waals surface area contributed by atoms with Gasteiger partial charge >= 0.3 is 6.03 Å². The second-order valence-corrected chi connectivity index (χ2v) is 8.60. The van der Waals surface area contributed by atoms with Gasteiger partial charge in [-0.15, -0.1) is 0 Å². The van der Waals surface area contributed by atoms with E-state index in [0.717, 1.165) is 25.7 Å². The van der Waals surface area contributed by atoms with E-state index in [1.165, 1.54) is 0 Å². The fourth-order valence-electron chi connectivity index (χ4n) is 5.13. The largest absolute Gasteiger partial charge is 0.496 e. The van der Waals surface area contributed by atoms with E-state index in [-0.39, 0.29) is 18.0 Å². The number of anilines is 1. The number of pyridine rings is 1. The molecule has 1 aliphatic carbocycles. The number of amidine groups is 1. The van der Waals surface area contributed by atoms with Crippen molar-refractivity contribution in [3.8, 4) is 5.75 Å². The van der Waals surface area contributed by atoms with Crippen molar-refractivity contribution in [3.63, 3.8) is 0 Å². The van der Waals surface area contributed by atoms with Gasteiger partial charge < -0.3 is 9.64 Å². The van der Waals surface area contributed by atoms with Crippen LogP contribution in [0.1, 0.15) is 42.5 Å². The van der Waals surface area contributed by atoms with Crippen molar-refractivity contribution >= 4 is 23.5 Å². The van der Waals surface area contributed by atoms with Gasteiger partial charge in [0.2, 0.25) is 0 Å². The highest BCUT2D eigenvalue weighted by Gasteiger charge is 2.56. The number of hydrogen-bond donors (Lipinski definition) is 1. The van der Waals surface area contributed by atoms with E-state index in [1.54, 1.807) is 41.4 Å². The number of para-hydroxylation sites is 1. The Morgan fingerprint density at radius 3 is 2.78 bits per heavy atom. The number of carbonyl (C=O) groups excluding carboxylic acids is 2. The molecule has 3 heterocycles. The van der Waals surface area contributed by atoms with Gasteiger partial charge in [0, 0.05) is 12.7 Å². The van der Waals surface area contributed by atoms with Gasteiger partial charge in [0.25, 0.3) is 5.91 Å². The normalized spacial score (nSPS) is 24.5. The van der Waals surface area contributed by atoms with Crippen LogP contribution in [0.25, 0.3) is 0 Å². The van der Waals surface area contributed by atoms with E-state index in [0.29, 0.717) is 42.3 Å². The second kappa shape index (κ2) is 8.26. The molecule has 32 heavy (non-hydrogen) atoms. The Morgan fingerprint density at radius 2 is 2.03 bits per heavy atom. The smallest absolute Gasteiger partial charge is 0.328 e. The fourth-order valence-corrected chi connectivity index (χ4v) is 5.13. The third-order valence-corrected chi connectivity index (χ3v) is 6.71. The monoisotopic (exact) mass is 433 g/mol. The van der Waals surface area contributed by atoms with Crippen LogP contribution < -0.4 is 15.0 Å². The van der Waals surface area contributed by atoms with Crippen LogP contribution in [-0.2, 0) is 0 Å². The van der Waals surface area contributed by atoms with Gasteiger partial charge in [0.1, 0.15) is 17.1 Å². The first-order valence-corrected chi connectivity index (χ1v) is 11.1. The number of amides is 3. The van der Waals surface area contributed by atoms with E-state index in [2.05, 4.69) is 10.3 Å². The summed E-state index contributed by atoms with van der Waals surface area (Å²) in [5.74, 6) is 1.11. The van der Waals surface area contributed by atoms with Crippen molar-refractivity contribution < 1.29 is 14.3 Å². The summed E-state index contributed by atoms with van der Waals surface area (Å²) in [4.78, 5) is 39.3. The number of nitrogens with zero attached hydrogens (tertiary/aromatic N) is 4. The first-order chi connectivity index (χ1) is 15.6. The van der Waals surface area contributed by atoms with Crippen LogP contribution in [0.3, 0.4) is 0 Å². The lowest BCUT2D eigenvalue weighted by Gasteiger charge is -2.33. The van der Waals surface area contributed by atoms with Gasteiger partial charge in [0.15, 0.2) is 0 Å². The summed E-state index contributed by atoms with van der Waals surface area (Å²) in [6.07, 6.45) is 8.36. The highest BCUT2D eigenvalue weighted by atomic mass is 16.5. The second-order valence-electron chi connectivity index (χ2n) is 8.60. The number of likely N-dealkylation sites (tertiary alicyclic amines) is 1. The number of rotatable bonds is 4. The highest BCUT2D eigenvalue weighted by molar-refractivity contribution is 6.19. The topological polar surface area (TPSA) is 87.1 Å². The zero-order valence-corrected chi connectivity index (χ0v) is 18.2. The molecule has 1 spiro atoms. The predicted molar refractivity (Wildman–Crippen MR) is 121 cm³/mol. The number of aromatic nitrogens is 1. The average molecular weight is 434 g/mol. The summed E-state index contributed by atoms with van der Waals surface area (Å²) < 4.78 is 5.40. The van der Waals surface area contributed by atoms with E-state index in [9.17, 15) is 9.59 Å². The Morgan fingerprint density at radius 1 is 1.22 bits per heavy atom. The zero-order valence-electron chi connectivity index (χ0n) is 18.2. The Labute approximate surface area is 187 Å². The fraction of sp³-hybridized carbons (Fsp3) is 0.417. The summed E-state index contributed by atoms with van der Waals surface area (Å²) in [6.45, 7) is 0.884. The molecule has 1 aromatic heterocycles. The molecule has 166 valence electrons. The summed E-state index contributed by atoms with van der Waals surface area (Å²) in [7, 11) is 1.56. The molecular formula is C24H27N5O3. The number of hydrogen-bond acceptors (Lipinski definition) is 5. The maximum Gasteiger partial charge on any atom is 0.328 e. The summed E-state index contributed by atoms with van der Waals surface area (Å²) in [6, 6.07) is 10.9. The van der Waals surface area contributed by atoms with Gasteiger partial charge in [-0.3, -0.25) is 25.0 Å². The molecule has 2 aromatic rings. The standard InChI is InChI=1S/C24H27N5O3/c1-32-20-11-5-4-10-19(20)21(30)28-14-12-24(16-28)22(26-17-7-2-3-8-17)27-23(31)29(24)18-9-6-13-25-15-18/h4-6,9-11,13,15,17H,2-3,7-8,12,14,16H2,1H3,(H,26,27,31). The van der Waals surface area contributed by atoms with E-state index < -0.39 is 5.54 Å². The van der Waals surface area contributed by atoms with E-state index >= 15 is 0 Å². The number of ether oxygens (including phenoxy) is 1. The molecule has 0 radical (unpaired) electrons. The predicted octanol–water partition coefficient (Wildman–Crippen LogP) is 3.25. The molecule has 5 rings (SSSR count). The Hall–Kier alpha value is -3.42. The number of urea groups is 1. The molecule has 1 saturated carbocycles. The van der Waals surface area contributed by atoms with Crippen LogP contribution in [0.15, 0.2) is 53.8 Å². The molecular weight excluding hydrogens is 406 g/mol. The zero-order chi connectivity index (χ0) is 22.1. The number of aliphatic imine (C=N–C) groups is 1. The first kappa shape index (κ1) is 20.5. The maximum absolute atomic E-state index is 13.4. The maximum atomic E-state index is 13.4. The van der Waals surface area contributed by atoms with Crippen molar-refractivity contribution in [1.29, 1.82) is 0 Å². The number of nitrogens with one attached hydrogen (secondary N) is 1. The lowest BCUT2D eigenvalue weighted by molar-refractivity contribution is 0.0785. The molecule has 3 amide bonds. The highest BCUT2D eigenvalue weighted by Crippen LogP contribution is 2.38. The minimum absolute atomic E-state index is 0.106. The molecule has 2 saturated heterocycles. The number of methoxy groups -OCH3 is 1. The van der Waals surface area contributed by atoms with Crippen molar-refractivity contribution in [3.05, 3.63) is 54.4 Å². The van der Waals surface area contributed by atoms with Crippen molar-refractivity contribution in [2.45, 2.75) is 43.7 Å². The molecule has 3 aliphatic rings. The lowest BCUT2D eigenvalue weighted by atomic mass is 9.95.